The van der Waals surface area contributed by atoms with Gasteiger partial charge in [-0.2, -0.15) is 0 Å². The summed E-state index contributed by atoms with van der Waals surface area (Å²) in [5, 5.41) is 11.6. The molecular weight excluding hydrogens is 867 g/mol. The van der Waals surface area contributed by atoms with Crippen molar-refractivity contribution in [1.29, 1.82) is 0 Å². The molecule has 0 radical (unpaired) electrons. The lowest BCUT2D eigenvalue weighted by Gasteiger charge is -2.40. The number of nitrogens with zero attached hydrogens (tertiary/aromatic N) is 5. The van der Waals surface area contributed by atoms with Crippen LogP contribution in [-0.2, 0) is 40.1 Å². The van der Waals surface area contributed by atoms with Crippen LogP contribution in [0.5, 0.6) is 0 Å². The molecule has 4 aliphatic rings. The number of likely N-dealkylation sites (tertiary alicyclic amines) is 1. The molecule has 17 nitrogen and oxygen atoms in total. The number of benzene rings is 2. The van der Waals surface area contributed by atoms with Crippen LogP contribution < -0.4 is 21.3 Å². The van der Waals surface area contributed by atoms with Crippen LogP contribution in [0.3, 0.4) is 0 Å². The lowest BCUT2D eigenvalue weighted by Crippen LogP contribution is -2.62. The first kappa shape index (κ1) is 49.8. The maximum absolute atomic E-state index is 15.5. The van der Waals surface area contributed by atoms with E-state index in [1.54, 1.807) is 18.9 Å². The number of aromatic nitrogens is 2. The topological polar surface area (TPSA) is 212 Å². The van der Waals surface area contributed by atoms with E-state index in [0.717, 1.165) is 30.4 Å². The third-order valence-corrected chi connectivity index (χ3v) is 14.2. The number of ketones is 1. The normalized spacial score (nSPS) is 23.6. The number of carbonyl (C=O) groups is 7. The first-order valence-corrected chi connectivity index (χ1v) is 24.1. The second-order valence-corrected chi connectivity index (χ2v) is 20.0. The Morgan fingerprint density at radius 2 is 1.59 bits per heavy atom. The predicted molar refractivity (Wildman–Crippen MR) is 252 cm³/mol. The van der Waals surface area contributed by atoms with Gasteiger partial charge in [0.1, 0.15) is 29.5 Å². The number of nitrogens with one attached hydrogen (secondary N) is 4. The molecule has 8 atom stereocenters. The molecule has 1 aromatic heterocycles. The van der Waals surface area contributed by atoms with E-state index < -0.39 is 82.6 Å². The van der Waals surface area contributed by atoms with Crippen molar-refractivity contribution in [2.24, 2.45) is 11.3 Å². The van der Waals surface area contributed by atoms with Crippen molar-refractivity contribution in [3.05, 3.63) is 96.1 Å². The first-order chi connectivity index (χ1) is 32.5. The van der Waals surface area contributed by atoms with Crippen LogP contribution in [0.1, 0.15) is 120 Å². The minimum absolute atomic E-state index is 0.0112. The molecule has 17 heteroatoms. The molecule has 4 N–H and O–H groups in total. The summed E-state index contributed by atoms with van der Waals surface area (Å²) in [7, 11) is 1.68. The van der Waals surface area contributed by atoms with Gasteiger partial charge in [-0.25, -0.2) is 4.98 Å². The average molecular weight is 934 g/mol. The van der Waals surface area contributed by atoms with Gasteiger partial charge >= 0.3 is 0 Å². The number of carbonyl (C=O) groups excluding carboxylic acids is 7. The van der Waals surface area contributed by atoms with Gasteiger partial charge in [-0.3, -0.25) is 43.4 Å². The highest BCUT2D eigenvalue weighted by atomic mass is 16.5. The number of hydrogen-bond acceptors (Lipinski definition) is 11. The first-order valence-electron chi connectivity index (χ1n) is 24.1. The van der Waals surface area contributed by atoms with E-state index in [1.807, 2.05) is 93.3 Å². The molecule has 364 valence electrons. The van der Waals surface area contributed by atoms with Crippen molar-refractivity contribution < 1.29 is 38.3 Å². The summed E-state index contributed by atoms with van der Waals surface area (Å²) < 4.78 is 6.37. The smallest absolute Gasteiger partial charge is 0.290 e. The van der Waals surface area contributed by atoms with Crippen LogP contribution in [0.15, 0.2) is 79.3 Å². The number of hydrogen-bond donors (Lipinski definition) is 4. The lowest BCUT2D eigenvalue weighted by molar-refractivity contribution is -0.145. The molecule has 4 heterocycles. The van der Waals surface area contributed by atoms with E-state index in [1.165, 1.54) is 23.5 Å². The van der Waals surface area contributed by atoms with Crippen LogP contribution >= 0.6 is 0 Å². The van der Waals surface area contributed by atoms with Crippen molar-refractivity contribution >= 4 is 41.2 Å². The highest BCUT2D eigenvalue weighted by molar-refractivity contribution is 6.38. The van der Waals surface area contributed by atoms with Crippen LogP contribution in [0.4, 0.5) is 0 Å². The second-order valence-electron chi connectivity index (χ2n) is 20.0. The summed E-state index contributed by atoms with van der Waals surface area (Å²) in [6, 6.07) is 13.2. The zero-order valence-electron chi connectivity index (χ0n) is 40.1. The molecule has 1 spiro atoms. The molecule has 3 aromatic rings. The molecule has 3 unspecified atom stereocenters. The molecular formula is C51H67N9O8. The van der Waals surface area contributed by atoms with Crippen molar-refractivity contribution in [3.63, 3.8) is 0 Å². The molecule has 6 amide bonds. The van der Waals surface area contributed by atoms with Gasteiger partial charge in [0.15, 0.2) is 0 Å². The summed E-state index contributed by atoms with van der Waals surface area (Å²) in [6.45, 7) is 9.65. The summed E-state index contributed by atoms with van der Waals surface area (Å²) in [5.74, 6) is -4.41. The Balaban J connectivity index is 1.18. The number of rotatable bonds is 17. The zero-order chi connectivity index (χ0) is 48.8. The van der Waals surface area contributed by atoms with Crippen LogP contribution in [-0.4, -0.2) is 128 Å². The molecule has 7 rings (SSSR count). The number of fused-ring (bicyclic) bond motifs is 2. The number of likely N-dealkylation sites (N-methyl/N-ethyl adjacent to an activating group) is 1. The van der Waals surface area contributed by atoms with Crippen LogP contribution in [0.2, 0.25) is 0 Å². The van der Waals surface area contributed by atoms with E-state index >= 15 is 4.79 Å². The van der Waals surface area contributed by atoms with E-state index in [-0.39, 0.29) is 43.0 Å². The van der Waals surface area contributed by atoms with Crippen molar-refractivity contribution in [2.75, 3.05) is 20.1 Å². The Kier molecular flexibility index (Phi) is 15.7. The highest BCUT2D eigenvalue weighted by Crippen LogP contribution is 2.46. The summed E-state index contributed by atoms with van der Waals surface area (Å²) in [6.07, 6.45) is 9.01. The van der Waals surface area contributed by atoms with E-state index in [9.17, 15) is 28.8 Å². The molecule has 2 aromatic carbocycles. The van der Waals surface area contributed by atoms with Gasteiger partial charge in [0.25, 0.3) is 11.8 Å². The van der Waals surface area contributed by atoms with Crippen molar-refractivity contribution in [1.82, 2.24) is 45.9 Å². The fourth-order valence-corrected chi connectivity index (χ4v) is 10.4. The van der Waals surface area contributed by atoms with Crippen LogP contribution in [0.25, 0.3) is 0 Å². The van der Waals surface area contributed by atoms with Gasteiger partial charge in [-0.15, -0.1) is 0 Å². The van der Waals surface area contributed by atoms with Gasteiger partial charge in [0.05, 0.1) is 43.6 Å². The monoisotopic (exact) mass is 934 g/mol. The molecule has 0 bridgehead atoms. The SMILES string of the molecule is CCCC(NC(=O)[C@@H]1CC2(CN1C(=O)[C@@H](NC(=O)[C@@H](NC(=O)c1cnccn1)C1CCCCC1)C(C)(C)C)N(C)C(=O)C1C[C@@H](OCc3ccccc3)CN12)C(=O)C(=O)N[C@@H](C)c1ccccc1. The highest BCUT2D eigenvalue weighted by Gasteiger charge is 2.65. The minimum Gasteiger partial charge on any atom is -0.372 e. The molecule has 1 saturated carbocycles. The Morgan fingerprint density at radius 3 is 2.24 bits per heavy atom. The van der Waals surface area contributed by atoms with Crippen molar-refractivity contribution in [2.45, 2.75) is 147 Å². The third-order valence-electron chi connectivity index (χ3n) is 14.2. The molecule has 3 aliphatic heterocycles. The fourth-order valence-electron chi connectivity index (χ4n) is 10.4. The fraction of sp³-hybridized carbons (Fsp3) is 0.549. The summed E-state index contributed by atoms with van der Waals surface area (Å²) in [5.41, 5.74) is -0.239. The minimum atomic E-state index is -1.23. The number of amides is 6. The predicted octanol–water partition coefficient (Wildman–Crippen LogP) is 3.85. The molecule has 1 aliphatic carbocycles. The largest absolute Gasteiger partial charge is 0.372 e. The maximum Gasteiger partial charge on any atom is 0.290 e. The van der Waals surface area contributed by atoms with Gasteiger partial charge < -0.3 is 35.8 Å². The van der Waals surface area contributed by atoms with Crippen LogP contribution in [0, 0.1) is 11.3 Å². The Bertz CT molecular complexity index is 2290. The summed E-state index contributed by atoms with van der Waals surface area (Å²) >= 11 is 0. The van der Waals surface area contributed by atoms with E-state index in [0.29, 0.717) is 38.8 Å². The Hall–Kier alpha value is -6.07. The molecule has 68 heavy (non-hydrogen) atoms. The maximum atomic E-state index is 15.5. The Morgan fingerprint density at radius 1 is 0.897 bits per heavy atom. The molecule has 3 saturated heterocycles. The average Bonchev–Trinajstić information content (AvgIpc) is 4.02. The standard InChI is InChI=1S/C51H67N9O8/c1-7-17-37(42(61)47(65)54-32(2)34-20-13-9-14-21-34)55-45(63)40-27-51(58(6)48(66)39-26-36(29-60(39)51)68-30-33-18-11-8-12-19-33)31-59(40)49(67)43(50(3,4)5)57-46(64)41(35-22-15-10-16-23-35)56-44(62)38-28-52-24-25-53-38/h8-9,11-14,18-21,24-25,28,32,35-37,39-41,43H,7,10,15-17,22-23,26-27,29-31H2,1-6H3,(H,54,65)(H,55,63)(H,56,62)(H,57,64)/t32-,36+,37?,39?,40-,41-,43+,51?/m0/s1. The van der Waals surface area contributed by atoms with Crippen molar-refractivity contribution in [3.8, 4) is 0 Å². The van der Waals surface area contributed by atoms with Gasteiger partial charge in [0, 0.05) is 32.4 Å². The Labute approximate surface area is 398 Å². The summed E-state index contributed by atoms with van der Waals surface area (Å²) in [4.78, 5) is 113. The quantitative estimate of drug-likeness (QED) is 0.143. The number of Topliss-reactive ketones (excluding diaryl/α,β-unsaturated/α-hetero) is 1. The van der Waals surface area contributed by atoms with E-state index in [4.69, 9.17) is 4.74 Å². The van der Waals surface area contributed by atoms with Gasteiger partial charge in [0.2, 0.25) is 29.4 Å². The van der Waals surface area contributed by atoms with Gasteiger partial charge in [-0.05, 0) is 55.1 Å². The lowest BCUT2D eigenvalue weighted by atomic mass is 9.82. The molecule has 4 fully saturated rings. The van der Waals surface area contributed by atoms with E-state index in [2.05, 4.69) is 31.2 Å². The number of ether oxygens (including phenoxy) is 1. The third kappa shape index (κ3) is 10.9. The zero-order valence-corrected chi connectivity index (χ0v) is 40.1. The second kappa shape index (κ2) is 21.5. The van der Waals surface area contributed by atoms with Gasteiger partial charge in [-0.1, -0.05) is 114 Å².